The predicted octanol–water partition coefficient (Wildman–Crippen LogP) is 1.80. The molecule has 3 rings (SSSR count). The molecule has 0 aliphatic carbocycles. The standard InChI is InChI=1S/C14H16FN2O3/c15-13-10-19-7-6-16(13)8-12-9-17(14(18)20-12)11-4-2-1-3-5-11/h1-5,8,12-13H,6-7,9-10H2. The molecule has 2 heterocycles. The summed E-state index contributed by atoms with van der Waals surface area (Å²) in [6.07, 6.45) is -2.01. The van der Waals surface area contributed by atoms with E-state index in [4.69, 9.17) is 9.47 Å². The van der Waals surface area contributed by atoms with Crippen LogP contribution < -0.4 is 4.90 Å². The Morgan fingerprint density at radius 1 is 1.30 bits per heavy atom. The quantitative estimate of drug-likeness (QED) is 0.791. The van der Waals surface area contributed by atoms with Crippen molar-refractivity contribution in [3.63, 3.8) is 0 Å². The fraction of sp³-hybridized carbons (Fsp3) is 0.429. The van der Waals surface area contributed by atoms with Gasteiger partial charge in [-0.15, -0.1) is 0 Å². The largest absolute Gasteiger partial charge is 0.442 e. The molecule has 1 radical (unpaired) electrons. The molecule has 0 aromatic heterocycles. The Balaban J connectivity index is 1.62. The summed E-state index contributed by atoms with van der Waals surface area (Å²) in [6.45, 7) is 3.06. The van der Waals surface area contributed by atoms with Crippen molar-refractivity contribution >= 4 is 11.8 Å². The third-order valence-electron chi connectivity index (χ3n) is 3.37. The minimum atomic E-state index is -1.17. The zero-order chi connectivity index (χ0) is 13.9. The van der Waals surface area contributed by atoms with Gasteiger partial charge >= 0.3 is 6.09 Å². The number of nitrogens with zero attached hydrogens (tertiary/aromatic N) is 2. The molecule has 2 aliphatic heterocycles. The van der Waals surface area contributed by atoms with Gasteiger partial charge in [-0.1, -0.05) is 18.2 Å². The number of morpholine rings is 1. The van der Waals surface area contributed by atoms with E-state index in [2.05, 4.69) is 0 Å². The average molecular weight is 279 g/mol. The van der Waals surface area contributed by atoms with Gasteiger partial charge in [0, 0.05) is 12.2 Å². The molecule has 2 aliphatic rings. The zero-order valence-corrected chi connectivity index (χ0v) is 10.9. The van der Waals surface area contributed by atoms with E-state index < -0.39 is 18.5 Å². The second-order valence-electron chi connectivity index (χ2n) is 4.76. The summed E-state index contributed by atoms with van der Waals surface area (Å²) in [4.78, 5) is 14.9. The molecule has 5 nitrogen and oxygen atoms in total. The maximum absolute atomic E-state index is 13.6. The van der Waals surface area contributed by atoms with Gasteiger partial charge in [0.05, 0.1) is 26.3 Å². The van der Waals surface area contributed by atoms with Crippen molar-refractivity contribution in [3.05, 3.63) is 36.9 Å². The number of anilines is 1. The first-order chi connectivity index (χ1) is 9.74. The first-order valence-electron chi connectivity index (χ1n) is 6.60. The van der Waals surface area contributed by atoms with E-state index in [-0.39, 0.29) is 6.61 Å². The molecule has 20 heavy (non-hydrogen) atoms. The lowest BCUT2D eigenvalue weighted by molar-refractivity contribution is -0.0566. The highest BCUT2D eigenvalue weighted by Gasteiger charge is 2.35. The van der Waals surface area contributed by atoms with E-state index in [1.807, 2.05) is 30.3 Å². The highest BCUT2D eigenvalue weighted by atomic mass is 19.1. The molecule has 2 unspecified atom stereocenters. The lowest BCUT2D eigenvalue weighted by atomic mass is 10.2. The minimum absolute atomic E-state index is 0.0551. The summed E-state index contributed by atoms with van der Waals surface area (Å²) in [5.74, 6) is 0. The molecule has 2 saturated heterocycles. The van der Waals surface area contributed by atoms with Crippen molar-refractivity contribution in [3.8, 4) is 0 Å². The Hall–Kier alpha value is -1.66. The van der Waals surface area contributed by atoms with Crippen LogP contribution in [0.5, 0.6) is 0 Å². The number of rotatable bonds is 3. The molecule has 2 atom stereocenters. The highest BCUT2D eigenvalue weighted by Crippen LogP contribution is 2.24. The van der Waals surface area contributed by atoms with Crippen molar-refractivity contribution in [1.82, 2.24) is 4.90 Å². The van der Waals surface area contributed by atoms with Crippen LogP contribution in [0.4, 0.5) is 14.9 Å². The molecular formula is C14H16FN2O3. The van der Waals surface area contributed by atoms with Gasteiger partial charge in [-0.2, -0.15) is 0 Å². The van der Waals surface area contributed by atoms with Crippen molar-refractivity contribution in [2.45, 2.75) is 12.4 Å². The van der Waals surface area contributed by atoms with Gasteiger partial charge in [0.25, 0.3) is 0 Å². The molecule has 2 fully saturated rings. The Morgan fingerprint density at radius 2 is 2.10 bits per heavy atom. The third-order valence-corrected chi connectivity index (χ3v) is 3.37. The first-order valence-corrected chi connectivity index (χ1v) is 6.60. The Morgan fingerprint density at radius 3 is 2.85 bits per heavy atom. The van der Waals surface area contributed by atoms with Gasteiger partial charge in [0.2, 0.25) is 0 Å². The van der Waals surface area contributed by atoms with Gasteiger partial charge in [-0.05, 0) is 12.1 Å². The van der Waals surface area contributed by atoms with Crippen LogP contribution in [-0.4, -0.2) is 49.7 Å². The number of cyclic esters (lactones) is 1. The van der Waals surface area contributed by atoms with E-state index >= 15 is 0 Å². The number of hydrogen-bond donors (Lipinski definition) is 0. The number of amides is 1. The average Bonchev–Trinajstić information content (AvgIpc) is 2.83. The molecular weight excluding hydrogens is 263 g/mol. The molecule has 0 saturated carbocycles. The normalized spacial score (nSPS) is 27.6. The maximum atomic E-state index is 13.6. The predicted molar refractivity (Wildman–Crippen MR) is 70.8 cm³/mol. The molecule has 107 valence electrons. The second-order valence-corrected chi connectivity index (χ2v) is 4.76. The van der Waals surface area contributed by atoms with Crippen LogP contribution in [-0.2, 0) is 9.47 Å². The Bertz CT molecular complexity index is 471. The number of benzene rings is 1. The lowest BCUT2D eigenvalue weighted by Crippen LogP contribution is -2.43. The summed E-state index contributed by atoms with van der Waals surface area (Å²) < 4.78 is 23.9. The number of para-hydroxylation sites is 1. The number of hydrogen-bond acceptors (Lipinski definition) is 4. The van der Waals surface area contributed by atoms with E-state index in [1.165, 1.54) is 4.90 Å². The van der Waals surface area contributed by atoms with Crippen LogP contribution in [0.1, 0.15) is 0 Å². The molecule has 0 N–H and O–H groups in total. The zero-order valence-electron chi connectivity index (χ0n) is 10.9. The number of carbonyl (C=O) groups is 1. The summed E-state index contributed by atoms with van der Waals surface area (Å²) >= 11 is 0. The molecule has 1 aromatic carbocycles. The molecule has 6 heteroatoms. The number of carbonyl (C=O) groups excluding carboxylic acids is 1. The SMILES string of the molecule is O=C1OC([CH]N2CCOCC2F)CN1c1ccccc1. The smallest absolute Gasteiger partial charge is 0.414 e. The van der Waals surface area contributed by atoms with Crippen LogP contribution in [0, 0.1) is 6.54 Å². The Kier molecular flexibility index (Phi) is 3.84. The van der Waals surface area contributed by atoms with Crippen LogP contribution in [0.3, 0.4) is 0 Å². The number of alkyl halides is 1. The van der Waals surface area contributed by atoms with Crippen molar-refractivity contribution < 1.29 is 18.7 Å². The van der Waals surface area contributed by atoms with E-state index in [0.717, 1.165) is 5.69 Å². The van der Waals surface area contributed by atoms with Crippen molar-refractivity contribution in [2.24, 2.45) is 0 Å². The lowest BCUT2D eigenvalue weighted by Gasteiger charge is -2.30. The van der Waals surface area contributed by atoms with Gasteiger partial charge in [0.15, 0.2) is 6.30 Å². The number of ether oxygens (including phenoxy) is 2. The molecule has 0 bridgehead atoms. The Labute approximate surface area is 116 Å². The summed E-state index contributed by atoms with van der Waals surface area (Å²) in [7, 11) is 0. The third kappa shape index (κ3) is 2.76. The highest BCUT2D eigenvalue weighted by molar-refractivity contribution is 5.89. The van der Waals surface area contributed by atoms with Crippen LogP contribution in [0.15, 0.2) is 30.3 Å². The molecule has 1 amide bonds. The van der Waals surface area contributed by atoms with Crippen molar-refractivity contribution in [1.29, 1.82) is 0 Å². The van der Waals surface area contributed by atoms with Crippen molar-refractivity contribution in [2.75, 3.05) is 31.2 Å². The summed E-state index contributed by atoms with van der Waals surface area (Å²) in [5.41, 5.74) is 0.784. The first kappa shape index (κ1) is 13.3. The van der Waals surface area contributed by atoms with Gasteiger partial charge < -0.3 is 9.47 Å². The van der Waals surface area contributed by atoms with Gasteiger partial charge in [-0.3, -0.25) is 9.80 Å². The van der Waals surface area contributed by atoms with E-state index in [9.17, 15) is 9.18 Å². The van der Waals surface area contributed by atoms with Crippen LogP contribution in [0.25, 0.3) is 0 Å². The fourth-order valence-electron chi connectivity index (χ4n) is 2.35. The monoisotopic (exact) mass is 279 g/mol. The second kappa shape index (κ2) is 5.76. The summed E-state index contributed by atoms with van der Waals surface area (Å²) in [6, 6.07) is 9.29. The fourth-order valence-corrected chi connectivity index (χ4v) is 2.35. The van der Waals surface area contributed by atoms with E-state index in [0.29, 0.717) is 19.7 Å². The number of halogens is 1. The summed E-state index contributed by atoms with van der Waals surface area (Å²) in [5, 5.41) is 0. The van der Waals surface area contributed by atoms with Crippen LogP contribution in [0.2, 0.25) is 0 Å². The van der Waals surface area contributed by atoms with E-state index in [1.54, 1.807) is 11.4 Å². The molecule has 1 aromatic rings. The maximum Gasteiger partial charge on any atom is 0.414 e. The molecule has 0 spiro atoms. The van der Waals surface area contributed by atoms with Gasteiger partial charge in [-0.25, -0.2) is 9.18 Å². The minimum Gasteiger partial charge on any atom is -0.442 e. The van der Waals surface area contributed by atoms with Gasteiger partial charge in [0.1, 0.15) is 6.10 Å². The van der Waals surface area contributed by atoms with Crippen LogP contribution >= 0.6 is 0 Å². The topological polar surface area (TPSA) is 42.0 Å².